The van der Waals surface area contributed by atoms with E-state index < -0.39 is 10.1 Å². The number of rotatable bonds is 6. The van der Waals surface area contributed by atoms with Crippen molar-refractivity contribution in [2.24, 2.45) is 0 Å². The van der Waals surface area contributed by atoms with Crippen LogP contribution in [0.1, 0.15) is 24.8 Å². The van der Waals surface area contributed by atoms with Crippen molar-refractivity contribution in [1.29, 1.82) is 0 Å². The molecule has 0 aliphatic heterocycles. The molecular weight excluding hydrogens is 260 g/mol. The van der Waals surface area contributed by atoms with E-state index in [4.69, 9.17) is 4.55 Å². The monoisotopic (exact) mass is 278 g/mol. The molecule has 2 aromatic rings. The Morgan fingerprint density at radius 3 is 2.37 bits per heavy atom. The molecule has 0 aromatic heterocycles. The molecule has 0 radical (unpaired) electrons. The van der Waals surface area contributed by atoms with Gasteiger partial charge in [-0.1, -0.05) is 48.9 Å². The summed E-state index contributed by atoms with van der Waals surface area (Å²) in [5, 5.41) is 2.47. The average molecular weight is 278 g/mol. The molecule has 0 saturated carbocycles. The maximum Gasteiger partial charge on any atom is 0.264 e. The second-order valence-electron chi connectivity index (χ2n) is 4.78. The van der Waals surface area contributed by atoms with Crippen LogP contribution in [-0.2, 0) is 16.5 Å². The number of unbranched alkanes of at least 4 members (excludes halogenated alkanes) is 2. The molecule has 0 atom stereocenters. The van der Waals surface area contributed by atoms with E-state index in [1.807, 2.05) is 12.1 Å². The minimum absolute atomic E-state index is 0.134. The molecule has 0 bridgehead atoms. The third-order valence-corrected chi connectivity index (χ3v) is 3.99. The van der Waals surface area contributed by atoms with Gasteiger partial charge < -0.3 is 0 Å². The van der Waals surface area contributed by atoms with Crippen molar-refractivity contribution >= 4 is 20.9 Å². The molecule has 1 N–H and O–H groups in total. The highest BCUT2D eigenvalue weighted by atomic mass is 32.2. The molecule has 2 aromatic carbocycles. The van der Waals surface area contributed by atoms with E-state index in [9.17, 15) is 8.42 Å². The zero-order valence-corrected chi connectivity index (χ0v) is 11.6. The summed E-state index contributed by atoms with van der Waals surface area (Å²) < 4.78 is 29.8. The predicted molar refractivity (Wildman–Crippen MR) is 77.9 cm³/mol. The van der Waals surface area contributed by atoms with Crippen molar-refractivity contribution < 1.29 is 13.0 Å². The molecule has 0 unspecified atom stereocenters. The zero-order chi connectivity index (χ0) is 13.7. The summed E-state index contributed by atoms with van der Waals surface area (Å²) in [6.07, 6.45) is 3.21. The quantitative estimate of drug-likeness (QED) is 0.650. The van der Waals surface area contributed by atoms with Gasteiger partial charge in [0, 0.05) is 0 Å². The lowest BCUT2D eigenvalue weighted by Crippen LogP contribution is -2.03. The van der Waals surface area contributed by atoms with Gasteiger partial charge in [0.05, 0.1) is 5.75 Å². The molecule has 0 amide bonds. The van der Waals surface area contributed by atoms with Crippen molar-refractivity contribution in [3.05, 3.63) is 48.0 Å². The number of hydrogen-bond donors (Lipinski definition) is 1. The SMILES string of the molecule is O=S(=O)(O)CCCCCc1ccc2ccccc2c1. The average Bonchev–Trinajstić information content (AvgIpc) is 2.37. The molecule has 19 heavy (non-hydrogen) atoms. The van der Waals surface area contributed by atoms with Crippen molar-refractivity contribution in [1.82, 2.24) is 0 Å². The second kappa shape index (κ2) is 6.17. The smallest absolute Gasteiger partial charge is 0.264 e. The van der Waals surface area contributed by atoms with Gasteiger partial charge in [0.1, 0.15) is 0 Å². The summed E-state index contributed by atoms with van der Waals surface area (Å²) in [7, 11) is -3.80. The maximum atomic E-state index is 10.6. The van der Waals surface area contributed by atoms with Crippen LogP contribution in [0.5, 0.6) is 0 Å². The predicted octanol–water partition coefficient (Wildman–Crippen LogP) is 3.44. The van der Waals surface area contributed by atoms with Gasteiger partial charge in [-0.2, -0.15) is 8.42 Å². The Morgan fingerprint density at radius 2 is 1.63 bits per heavy atom. The van der Waals surface area contributed by atoms with Gasteiger partial charge >= 0.3 is 0 Å². The first kappa shape index (κ1) is 14.0. The Balaban J connectivity index is 1.85. The molecule has 0 aliphatic carbocycles. The summed E-state index contributed by atoms with van der Waals surface area (Å²) in [6.45, 7) is 0. The summed E-state index contributed by atoms with van der Waals surface area (Å²) in [5.41, 5.74) is 1.27. The fraction of sp³-hybridized carbons (Fsp3) is 0.333. The molecule has 0 heterocycles. The zero-order valence-electron chi connectivity index (χ0n) is 10.7. The van der Waals surface area contributed by atoms with Gasteiger partial charge in [-0.15, -0.1) is 0 Å². The normalized spacial score (nSPS) is 11.8. The van der Waals surface area contributed by atoms with E-state index in [-0.39, 0.29) is 5.75 Å². The third-order valence-electron chi connectivity index (χ3n) is 3.18. The van der Waals surface area contributed by atoms with Crippen LogP contribution in [0.15, 0.2) is 42.5 Å². The van der Waals surface area contributed by atoms with E-state index in [1.54, 1.807) is 0 Å². The van der Waals surface area contributed by atoms with Crippen molar-refractivity contribution in [2.45, 2.75) is 25.7 Å². The fourth-order valence-electron chi connectivity index (χ4n) is 2.18. The lowest BCUT2D eigenvalue weighted by molar-refractivity contribution is 0.479. The van der Waals surface area contributed by atoms with Crippen LogP contribution in [0, 0.1) is 0 Å². The van der Waals surface area contributed by atoms with E-state index >= 15 is 0 Å². The lowest BCUT2D eigenvalue weighted by Gasteiger charge is -2.04. The minimum Gasteiger partial charge on any atom is -0.286 e. The molecule has 2 rings (SSSR count). The van der Waals surface area contributed by atoms with Crippen LogP contribution in [-0.4, -0.2) is 18.7 Å². The highest BCUT2D eigenvalue weighted by Crippen LogP contribution is 2.17. The Labute approximate surface area is 114 Å². The molecule has 0 aliphatic rings. The second-order valence-corrected chi connectivity index (χ2v) is 6.35. The number of fused-ring (bicyclic) bond motifs is 1. The third kappa shape index (κ3) is 4.65. The molecular formula is C15H18O3S. The van der Waals surface area contributed by atoms with Crippen LogP contribution in [0.25, 0.3) is 10.8 Å². The van der Waals surface area contributed by atoms with Gasteiger partial charge in [0.2, 0.25) is 0 Å². The summed E-state index contributed by atoms with van der Waals surface area (Å²) in [5.74, 6) is -0.134. The highest BCUT2D eigenvalue weighted by Gasteiger charge is 2.03. The molecule has 0 saturated heterocycles. The largest absolute Gasteiger partial charge is 0.286 e. The van der Waals surface area contributed by atoms with Gasteiger partial charge in [-0.05, 0) is 35.6 Å². The van der Waals surface area contributed by atoms with E-state index in [0.29, 0.717) is 6.42 Å². The standard InChI is InChI=1S/C15H18O3S/c16-19(17,18)11-5-1-2-6-13-9-10-14-7-3-4-8-15(14)12-13/h3-4,7-10,12H,1-2,5-6,11H2,(H,16,17,18). The van der Waals surface area contributed by atoms with Crippen LogP contribution < -0.4 is 0 Å². The lowest BCUT2D eigenvalue weighted by atomic mass is 10.0. The molecule has 102 valence electrons. The first-order valence-corrected chi connectivity index (χ1v) is 8.08. The van der Waals surface area contributed by atoms with E-state index in [2.05, 4.69) is 30.3 Å². The van der Waals surface area contributed by atoms with Gasteiger partial charge in [-0.3, -0.25) is 4.55 Å². The Morgan fingerprint density at radius 1 is 0.895 bits per heavy atom. The highest BCUT2D eigenvalue weighted by molar-refractivity contribution is 7.85. The van der Waals surface area contributed by atoms with Crippen molar-refractivity contribution in [3.63, 3.8) is 0 Å². The summed E-state index contributed by atoms with van der Waals surface area (Å²) in [4.78, 5) is 0. The fourth-order valence-corrected chi connectivity index (χ4v) is 2.75. The van der Waals surface area contributed by atoms with Crippen LogP contribution in [0.4, 0.5) is 0 Å². The number of hydrogen-bond acceptors (Lipinski definition) is 2. The van der Waals surface area contributed by atoms with Gasteiger partial charge in [-0.25, -0.2) is 0 Å². The first-order valence-electron chi connectivity index (χ1n) is 6.47. The van der Waals surface area contributed by atoms with E-state index in [0.717, 1.165) is 19.3 Å². The maximum absolute atomic E-state index is 10.6. The molecule has 0 spiro atoms. The first-order chi connectivity index (χ1) is 9.04. The Kier molecular flexibility index (Phi) is 4.56. The molecule has 3 nitrogen and oxygen atoms in total. The minimum atomic E-state index is -3.80. The van der Waals surface area contributed by atoms with Crippen LogP contribution in [0.2, 0.25) is 0 Å². The summed E-state index contributed by atoms with van der Waals surface area (Å²) >= 11 is 0. The molecule has 4 heteroatoms. The van der Waals surface area contributed by atoms with Gasteiger partial charge in [0.15, 0.2) is 0 Å². The topological polar surface area (TPSA) is 54.4 Å². The van der Waals surface area contributed by atoms with Crippen LogP contribution >= 0.6 is 0 Å². The summed E-state index contributed by atoms with van der Waals surface area (Å²) in [6, 6.07) is 14.6. The number of benzene rings is 2. The van der Waals surface area contributed by atoms with Crippen molar-refractivity contribution in [3.8, 4) is 0 Å². The van der Waals surface area contributed by atoms with Crippen LogP contribution in [0.3, 0.4) is 0 Å². The Hall–Kier alpha value is -1.39. The Bertz CT molecular complexity index is 647. The van der Waals surface area contributed by atoms with Gasteiger partial charge in [0.25, 0.3) is 10.1 Å². The van der Waals surface area contributed by atoms with E-state index in [1.165, 1.54) is 16.3 Å². The van der Waals surface area contributed by atoms with Crippen molar-refractivity contribution in [2.75, 3.05) is 5.75 Å². The number of aryl methyl sites for hydroxylation is 1. The molecule has 0 fully saturated rings.